The van der Waals surface area contributed by atoms with E-state index in [9.17, 15) is 15.0 Å². The Labute approximate surface area is 137 Å². The van der Waals surface area contributed by atoms with Crippen molar-refractivity contribution in [2.75, 3.05) is 20.1 Å². The minimum atomic E-state index is -0.919. The molecule has 1 aromatic carbocycles. The van der Waals surface area contributed by atoms with Gasteiger partial charge in [0.2, 0.25) is 0 Å². The van der Waals surface area contributed by atoms with Gasteiger partial charge in [-0.1, -0.05) is 25.0 Å². The number of hydrogen-bond donors (Lipinski definition) is 3. The third kappa shape index (κ3) is 4.69. The van der Waals surface area contributed by atoms with Crippen LogP contribution in [-0.4, -0.2) is 46.3 Å². The molecule has 1 aromatic rings. The van der Waals surface area contributed by atoms with Gasteiger partial charge in [-0.2, -0.15) is 0 Å². The molecule has 3 N–H and O–H groups in total. The van der Waals surface area contributed by atoms with Gasteiger partial charge in [-0.05, 0) is 50.6 Å². The molecule has 0 aromatic heterocycles. The summed E-state index contributed by atoms with van der Waals surface area (Å²) in [5.74, 6) is -0.504. The fourth-order valence-electron chi connectivity index (χ4n) is 3.59. The Hall–Kier alpha value is -1.59. The molecule has 23 heavy (non-hydrogen) atoms. The molecule has 1 fully saturated rings. The molecule has 0 amide bonds. The summed E-state index contributed by atoms with van der Waals surface area (Å²) in [6, 6.07) is 6.92. The minimum absolute atomic E-state index is 0.0906. The van der Waals surface area contributed by atoms with Gasteiger partial charge in [0.25, 0.3) is 0 Å². The second-order valence-corrected chi connectivity index (χ2v) is 6.68. The van der Waals surface area contributed by atoms with Crippen molar-refractivity contribution in [3.05, 3.63) is 29.8 Å². The van der Waals surface area contributed by atoms with E-state index in [-0.39, 0.29) is 18.1 Å². The average Bonchev–Trinajstić information content (AvgIpc) is 2.49. The Balaban J connectivity index is 2.04. The molecular weight excluding hydrogens is 294 g/mol. The quantitative estimate of drug-likeness (QED) is 0.719. The number of aliphatic carboxylic acids is 1. The number of phenols is 1. The van der Waals surface area contributed by atoms with Crippen molar-refractivity contribution in [2.24, 2.45) is 5.92 Å². The van der Waals surface area contributed by atoms with Crippen LogP contribution in [0.5, 0.6) is 5.75 Å². The van der Waals surface area contributed by atoms with E-state index in [4.69, 9.17) is 5.11 Å². The SMILES string of the molecule is CN(CCCC(=O)O)CC1CCCCC1(O)c1cccc(O)c1. The van der Waals surface area contributed by atoms with Crippen molar-refractivity contribution in [1.82, 2.24) is 4.90 Å². The monoisotopic (exact) mass is 321 g/mol. The van der Waals surface area contributed by atoms with Crippen LogP contribution in [0.3, 0.4) is 0 Å². The van der Waals surface area contributed by atoms with Crippen LogP contribution < -0.4 is 0 Å². The lowest BCUT2D eigenvalue weighted by atomic mass is 9.71. The standard InChI is InChI=1S/C18H27NO4/c1-19(11-5-9-17(21)22)13-15-6-2-3-10-18(15,23)14-7-4-8-16(20)12-14/h4,7-8,12,15,20,23H,2-3,5-6,9-11,13H2,1H3,(H,21,22). The molecule has 2 atom stereocenters. The first kappa shape index (κ1) is 17.8. The number of rotatable bonds is 7. The Morgan fingerprint density at radius 3 is 2.87 bits per heavy atom. The minimum Gasteiger partial charge on any atom is -0.508 e. The van der Waals surface area contributed by atoms with Crippen LogP contribution in [0.1, 0.15) is 44.1 Å². The lowest BCUT2D eigenvalue weighted by Gasteiger charge is -2.42. The molecule has 0 radical (unpaired) electrons. The summed E-state index contributed by atoms with van der Waals surface area (Å²) in [6.45, 7) is 1.44. The number of aromatic hydroxyl groups is 1. The summed E-state index contributed by atoms with van der Waals surface area (Å²) in [5.41, 5.74) is -0.140. The van der Waals surface area contributed by atoms with Gasteiger partial charge in [-0.15, -0.1) is 0 Å². The van der Waals surface area contributed by atoms with E-state index in [2.05, 4.69) is 4.90 Å². The Morgan fingerprint density at radius 2 is 2.17 bits per heavy atom. The predicted molar refractivity (Wildman–Crippen MR) is 88.3 cm³/mol. The molecule has 1 aliphatic carbocycles. The normalized spacial score (nSPS) is 24.7. The fraction of sp³-hybridized carbons (Fsp3) is 0.611. The van der Waals surface area contributed by atoms with Crippen LogP contribution in [0, 0.1) is 5.92 Å². The van der Waals surface area contributed by atoms with E-state index in [1.165, 1.54) is 0 Å². The summed E-state index contributed by atoms with van der Waals surface area (Å²) < 4.78 is 0. The third-order valence-corrected chi connectivity index (χ3v) is 4.84. The summed E-state index contributed by atoms with van der Waals surface area (Å²) in [5, 5.41) is 29.7. The highest BCUT2D eigenvalue weighted by atomic mass is 16.4. The van der Waals surface area contributed by atoms with Gasteiger partial charge in [-0.25, -0.2) is 0 Å². The molecule has 5 heteroatoms. The second-order valence-electron chi connectivity index (χ2n) is 6.68. The Morgan fingerprint density at radius 1 is 1.39 bits per heavy atom. The maximum atomic E-state index is 11.3. The molecule has 5 nitrogen and oxygen atoms in total. The van der Waals surface area contributed by atoms with Crippen molar-refractivity contribution in [3.8, 4) is 5.75 Å². The van der Waals surface area contributed by atoms with Crippen molar-refractivity contribution in [3.63, 3.8) is 0 Å². The van der Waals surface area contributed by atoms with Gasteiger partial charge in [0, 0.05) is 18.9 Å². The van der Waals surface area contributed by atoms with Crippen molar-refractivity contribution in [1.29, 1.82) is 0 Å². The summed E-state index contributed by atoms with van der Waals surface area (Å²) in [6.07, 6.45) is 4.49. The van der Waals surface area contributed by atoms with Crippen LogP contribution in [0.2, 0.25) is 0 Å². The highest BCUT2D eigenvalue weighted by Crippen LogP contribution is 2.42. The molecular formula is C18H27NO4. The van der Waals surface area contributed by atoms with E-state index in [1.54, 1.807) is 18.2 Å². The largest absolute Gasteiger partial charge is 0.508 e. The first-order valence-corrected chi connectivity index (χ1v) is 8.34. The molecule has 0 aliphatic heterocycles. The molecule has 0 saturated heterocycles. The van der Waals surface area contributed by atoms with Crippen LogP contribution >= 0.6 is 0 Å². The maximum absolute atomic E-state index is 11.3. The molecule has 128 valence electrons. The third-order valence-electron chi connectivity index (χ3n) is 4.84. The summed E-state index contributed by atoms with van der Waals surface area (Å²) in [7, 11) is 1.97. The number of nitrogens with zero attached hydrogens (tertiary/aromatic N) is 1. The van der Waals surface area contributed by atoms with Gasteiger partial charge in [0.15, 0.2) is 0 Å². The lowest BCUT2D eigenvalue weighted by Crippen LogP contribution is -2.44. The molecule has 1 saturated carbocycles. The molecule has 2 rings (SSSR count). The average molecular weight is 321 g/mol. The molecule has 0 bridgehead atoms. The number of carboxylic acid groups (broad SMARTS) is 1. The molecule has 1 aliphatic rings. The zero-order valence-electron chi connectivity index (χ0n) is 13.7. The second kappa shape index (κ2) is 7.79. The number of carboxylic acids is 1. The number of benzene rings is 1. The van der Waals surface area contributed by atoms with Crippen LogP contribution in [-0.2, 0) is 10.4 Å². The van der Waals surface area contributed by atoms with E-state index in [1.807, 2.05) is 13.1 Å². The molecule has 0 spiro atoms. The number of aliphatic hydroxyl groups is 1. The zero-order chi connectivity index (χ0) is 16.9. The smallest absolute Gasteiger partial charge is 0.303 e. The van der Waals surface area contributed by atoms with E-state index >= 15 is 0 Å². The van der Waals surface area contributed by atoms with E-state index in [0.717, 1.165) is 31.4 Å². The first-order chi connectivity index (χ1) is 10.9. The summed E-state index contributed by atoms with van der Waals surface area (Å²) in [4.78, 5) is 12.7. The van der Waals surface area contributed by atoms with Crippen LogP contribution in [0.4, 0.5) is 0 Å². The van der Waals surface area contributed by atoms with Gasteiger partial charge in [0.1, 0.15) is 5.75 Å². The topological polar surface area (TPSA) is 81.0 Å². The van der Waals surface area contributed by atoms with Gasteiger partial charge < -0.3 is 20.2 Å². The van der Waals surface area contributed by atoms with Crippen molar-refractivity contribution >= 4 is 5.97 Å². The van der Waals surface area contributed by atoms with E-state index in [0.29, 0.717) is 19.4 Å². The van der Waals surface area contributed by atoms with Crippen molar-refractivity contribution in [2.45, 2.75) is 44.1 Å². The summed E-state index contributed by atoms with van der Waals surface area (Å²) >= 11 is 0. The Kier molecular flexibility index (Phi) is 6.02. The van der Waals surface area contributed by atoms with Crippen LogP contribution in [0.15, 0.2) is 24.3 Å². The van der Waals surface area contributed by atoms with Crippen molar-refractivity contribution < 1.29 is 20.1 Å². The first-order valence-electron chi connectivity index (χ1n) is 8.34. The van der Waals surface area contributed by atoms with Crippen LogP contribution in [0.25, 0.3) is 0 Å². The van der Waals surface area contributed by atoms with Gasteiger partial charge in [-0.3, -0.25) is 4.79 Å². The number of carbonyl (C=O) groups is 1. The maximum Gasteiger partial charge on any atom is 0.303 e. The number of phenolic OH excluding ortho intramolecular Hbond substituents is 1. The van der Waals surface area contributed by atoms with Gasteiger partial charge >= 0.3 is 5.97 Å². The predicted octanol–water partition coefficient (Wildman–Crippen LogP) is 2.57. The molecule has 0 heterocycles. The zero-order valence-corrected chi connectivity index (χ0v) is 13.7. The van der Waals surface area contributed by atoms with Gasteiger partial charge in [0.05, 0.1) is 5.60 Å². The number of hydrogen-bond acceptors (Lipinski definition) is 4. The lowest BCUT2D eigenvalue weighted by molar-refractivity contribution is -0.137. The highest BCUT2D eigenvalue weighted by molar-refractivity contribution is 5.66. The Bertz CT molecular complexity index is 534. The molecule has 2 unspecified atom stereocenters. The highest BCUT2D eigenvalue weighted by Gasteiger charge is 2.40. The van der Waals surface area contributed by atoms with E-state index < -0.39 is 11.6 Å². The fourth-order valence-corrected chi connectivity index (χ4v) is 3.59.